The predicted octanol–water partition coefficient (Wildman–Crippen LogP) is 3.68. The van der Waals surface area contributed by atoms with Crippen LogP contribution in [-0.2, 0) is 11.3 Å². The van der Waals surface area contributed by atoms with Crippen molar-refractivity contribution in [2.45, 2.75) is 38.6 Å². The summed E-state index contributed by atoms with van der Waals surface area (Å²) in [5, 5.41) is 0. The van der Waals surface area contributed by atoms with Crippen LogP contribution in [0.5, 0.6) is 5.75 Å². The number of halogens is 1. The Balaban J connectivity index is 1.49. The summed E-state index contributed by atoms with van der Waals surface area (Å²) in [6.07, 6.45) is 5.62. The minimum atomic E-state index is 0.238. The number of ether oxygens (including phenoxy) is 1. The molecule has 0 saturated carbocycles. The molecule has 0 radical (unpaired) electrons. The molecule has 2 heterocycles. The number of hydrogen-bond acceptors (Lipinski definition) is 3. The number of piperidine rings is 2. The lowest BCUT2D eigenvalue weighted by Crippen LogP contribution is -2.44. The van der Waals surface area contributed by atoms with E-state index < -0.39 is 0 Å². The highest BCUT2D eigenvalue weighted by Crippen LogP contribution is 2.27. The molecule has 5 heteroatoms. The van der Waals surface area contributed by atoms with Crippen LogP contribution in [0.4, 0.5) is 0 Å². The van der Waals surface area contributed by atoms with Gasteiger partial charge in [-0.1, -0.05) is 6.07 Å². The van der Waals surface area contributed by atoms with Crippen LogP contribution in [-0.4, -0.2) is 49.0 Å². The number of amides is 1. The highest BCUT2D eigenvalue weighted by atomic mass is 79.9. The van der Waals surface area contributed by atoms with E-state index in [0.29, 0.717) is 5.91 Å². The van der Waals surface area contributed by atoms with Crippen molar-refractivity contribution in [2.75, 3.05) is 33.3 Å². The first kappa shape index (κ1) is 17.7. The van der Waals surface area contributed by atoms with Crippen LogP contribution >= 0.6 is 15.9 Å². The summed E-state index contributed by atoms with van der Waals surface area (Å²) < 4.78 is 6.28. The molecule has 2 aliphatic heterocycles. The minimum absolute atomic E-state index is 0.238. The van der Waals surface area contributed by atoms with Crippen molar-refractivity contribution in [1.82, 2.24) is 9.80 Å². The number of hydrogen-bond donors (Lipinski definition) is 0. The maximum Gasteiger partial charge on any atom is 0.225 e. The smallest absolute Gasteiger partial charge is 0.225 e. The quantitative estimate of drug-likeness (QED) is 0.780. The van der Waals surface area contributed by atoms with Gasteiger partial charge in [0, 0.05) is 25.6 Å². The van der Waals surface area contributed by atoms with Gasteiger partial charge in [0.25, 0.3) is 0 Å². The van der Waals surface area contributed by atoms with Gasteiger partial charge in [-0.15, -0.1) is 0 Å². The van der Waals surface area contributed by atoms with Gasteiger partial charge in [0.05, 0.1) is 11.6 Å². The standard InChI is InChI=1S/C19H27BrN2O2/c1-24-18-6-5-15(13-17(18)20)14-21-11-7-16(8-12-21)19(23)22-9-3-2-4-10-22/h5-6,13,16H,2-4,7-12,14H2,1H3. The molecule has 1 aromatic rings. The molecule has 0 unspecified atom stereocenters. The molecule has 2 fully saturated rings. The third-order valence-electron chi connectivity index (χ3n) is 5.23. The Bertz CT molecular complexity index is 564. The average Bonchev–Trinajstić information content (AvgIpc) is 2.63. The van der Waals surface area contributed by atoms with Gasteiger partial charge < -0.3 is 9.64 Å². The van der Waals surface area contributed by atoms with E-state index in [4.69, 9.17) is 4.74 Å². The zero-order valence-corrected chi connectivity index (χ0v) is 16.1. The molecule has 132 valence electrons. The van der Waals surface area contributed by atoms with E-state index in [1.54, 1.807) is 7.11 Å². The van der Waals surface area contributed by atoms with Gasteiger partial charge in [-0.05, 0) is 78.8 Å². The Morgan fingerprint density at radius 3 is 2.50 bits per heavy atom. The first-order chi connectivity index (χ1) is 11.7. The largest absolute Gasteiger partial charge is 0.496 e. The molecule has 0 aliphatic carbocycles. The Kier molecular flexibility index (Phi) is 6.17. The number of nitrogens with zero attached hydrogens (tertiary/aromatic N) is 2. The molecule has 0 spiro atoms. The molecule has 0 bridgehead atoms. The summed E-state index contributed by atoms with van der Waals surface area (Å²) in [7, 11) is 1.68. The molecular formula is C19H27BrN2O2. The van der Waals surface area contributed by atoms with E-state index in [0.717, 1.165) is 55.8 Å². The van der Waals surface area contributed by atoms with E-state index in [9.17, 15) is 4.79 Å². The normalized spacial score (nSPS) is 20.2. The topological polar surface area (TPSA) is 32.8 Å². The van der Waals surface area contributed by atoms with Gasteiger partial charge in [0.1, 0.15) is 5.75 Å². The Morgan fingerprint density at radius 1 is 1.17 bits per heavy atom. The molecule has 1 aromatic carbocycles. The van der Waals surface area contributed by atoms with Crippen molar-refractivity contribution < 1.29 is 9.53 Å². The summed E-state index contributed by atoms with van der Waals surface area (Å²) in [5.74, 6) is 1.51. The summed E-state index contributed by atoms with van der Waals surface area (Å²) >= 11 is 3.55. The molecule has 2 aliphatic rings. The lowest BCUT2D eigenvalue weighted by molar-refractivity contribution is -0.138. The number of rotatable bonds is 4. The van der Waals surface area contributed by atoms with E-state index in [1.807, 2.05) is 6.07 Å². The summed E-state index contributed by atoms with van der Waals surface area (Å²) in [6.45, 7) is 4.90. The predicted molar refractivity (Wildman–Crippen MR) is 99.1 cm³/mol. The van der Waals surface area contributed by atoms with Gasteiger partial charge in [-0.25, -0.2) is 0 Å². The Morgan fingerprint density at radius 2 is 1.88 bits per heavy atom. The molecule has 0 aromatic heterocycles. The fraction of sp³-hybridized carbons (Fsp3) is 0.632. The zero-order valence-electron chi connectivity index (χ0n) is 14.5. The molecule has 1 amide bonds. The lowest BCUT2D eigenvalue weighted by Gasteiger charge is -2.35. The van der Waals surface area contributed by atoms with Gasteiger partial charge >= 0.3 is 0 Å². The average molecular weight is 395 g/mol. The zero-order chi connectivity index (χ0) is 16.9. The maximum atomic E-state index is 12.6. The van der Waals surface area contributed by atoms with Gasteiger partial charge in [-0.3, -0.25) is 9.69 Å². The molecule has 24 heavy (non-hydrogen) atoms. The number of benzene rings is 1. The van der Waals surface area contributed by atoms with Crippen LogP contribution in [0.15, 0.2) is 22.7 Å². The van der Waals surface area contributed by atoms with Crippen LogP contribution in [0.2, 0.25) is 0 Å². The second-order valence-corrected chi connectivity index (χ2v) is 7.76. The van der Waals surface area contributed by atoms with Crippen molar-refractivity contribution in [1.29, 1.82) is 0 Å². The summed E-state index contributed by atoms with van der Waals surface area (Å²) in [5.41, 5.74) is 1.28. The molecule has 0 atom stereocenters. The van der Waals surface area contributed by atoms with Crippen molar-refractivity contribution in [3.63, 3.8) is 0 Å². The van der Waals surface area contributed by atoms with E-state index in [-0.39, 0.29) is 5.92 Å². The van der Waals surface area contributed by atoms with E-state index >= 15 is 0 Å². The monoisotopic (exact) mass is 394 g/mol. The lowest BCUT2D eigenvalue weighted by atomic mass is 9.94. The van der Waals surface area contributed by atoms with Crippen LogP contribution in [0.1, 0.15) is 37.7 Å². The molecule has 0 N–H and O–H groups in total. The number of carbonyl (C=O) groups excluding carboxylic acids is 1. The van der Waals surface area contributed by atoms with Crippen LogP contribution < -0.4 is 4.74 Å². The molecular weight excluding hydrogens is 368 g/mol. The Labute approximate surface area is 153 Å². The molecule has 2 saturated heterocycles. The van der Waals surface area contributed by atoms with Crippen LogP contribution in [0.3, 0.4) is 0 Å². The number of methoxy groups -OCH3 is 1. The summed E-state index contributed by atoms with van der Waals surface area (Å²) in [6, 6.07) is 6.25. The fourth-order valence-electron chi connectivity index (χ4n) is 3.78. The first-order valence-corrected chi connectivity index (χ1v) is 9.80. The van der Waals surface area contributed by atoms with Crippen molar-refractivity contribution >= 4 is 21.8 Å². The minimum Gasteiger partial charge on any atom is -0.496 e. The number of carbonyl (C=O) groups is 1. The summed E-state index contributed by atoms with van der Waals surface area (Å²) in [4.78, 5) is 17.2. The fourth-order valence-corrected chi connectivity index (χ4v) is 4.37. The maximum absolute atomic E-state index is 12.6. The van der Waals surface area contributed by atoms with Crippen LogP contribution in [0.25, 0.3) is 0 Å². The van der Waals surface area contributed by atoms with Gasteiger partial charge in [0.15, 0.2) is 0 Å². The number of likely N-dealkylation sites (tertiary alicyclic amines) is 2. The second-order valence-electron chi connectivity index (χ2n) is 6.91. The van der Waals surface area contributed by atoms with Crippen molar-refractivity contribution in [2.24, 2.45) is 5.92 Å². The molecule has 4 nitrogen and oxygen atoms in total. The molecule has 3 rings (SSSR count). The Hall–Kier alpha value is -1.07. The SMILES string of the molecule is COc1ccc(CN2CCC(C(=O)N3CCCCC3)CC2)cc1Br. The van der Waals surface area contributed by atoms with Crippen LogP contribution in [0, 0.1) is 5.92 Å². The third kappa shape index (κ3) is 4.31. The van der Waals surface area contributed by atoms with E-state index in [1.165, 1.54) is 24.8 Å². The van der Waals surface area contributed by atoms with Crippen molar-refractivity contribution in [3.05, 3.63) is 28.2 Å². The third-order valence-corrected chi connectivity index (χ3v) is 5.85. The highest BCUT2D eigenvalue weighted by Gasteiger charge is 2.29. The highest BCUT2D eigenvalue weighted by molar-refractivity contribution is 9.10. The first-order valence-electron chi connectivity index (χ1n) is 9.01. The van der Waals surface area contributed by atoms with Crippen molar-refractivity contribution in [3.8, 4) is 5.75 Å². The van der Waals surface area contributed by atoms with Gasteiger partial charge in [0.2, 0.25) is 5.91 Å². The second kappa shape index (κ2) is 8.34. The van der Waals surface area contributed by atoms with E-state index in [2.05, 4.69) is 37.9 Å². The van der Waals surface area contributed by atoms with Gasteiger partial charge in [-0.2, -0.15) is 0 Å².